The van der Waals surface area contributed by atoms with E-state index < -0.39 is 0 Å². The molecule has 2 heteroatoms. The van der Waals surface area contributed by atoms with E-state index in [1.54, 1.807) is 0 Å². The molecule has 0 bridgehead atoms. The Bertz CT molecular complexity index is 249. The SMILES string of the molecule is CC#CCCC(NCCC)C(C)(CC)N(C)C. The zero-order chi connectivity index (χ0) is 13.3. The van der Waals surface area contributed by atoms with Gasteiger partial charge in [0.1, 0.15) is 0 Å². The average Bonchev–Trinajstić information content (AvgIpc) is 2.32. The first-order chi connectivity index (χ1) is 8.02. The van der Waals surface area contributed by atoms with Crippen LogP contribution < -0.4 is 5.32 Å². The Morgan fingerprint density at radius 1 is 1.29 bits per heavy atom. The molecule has 0 heterocycles. The van der Waals surface area contributed by atoms with E-state index in [0.717, 1.165) is 25.8 Å². The maximum Gasteiger partial charge on any atom is 0.0326 e. The third-order valence-corrected chi connectivity index (χ3v) is 3.86. The van der Waals surface area contributed by atoms with E-state index in [2.05, 4.69) is 56.9 Å². The first kappa shape index (κ1) is 16.5. The Hall–Kier alpha value is -0.520. The number of hydrogen-bond donors (Lipinski definition) is 1. The summed E-state index contributed by atoms with van der Waals surface area (Å²) >= 11 is 0. The van der Waals surface area contributed by atoms with Crippen molar-refractivity contribution in [2.75, 3.05) is 20.6 Å². The topological polar surface area (TPSA) is 15.3 Å². The molecule has 0 aromatic heterocycles. The largest absolute Gasteiger partial charge is 0.312 e. The van der Waals surface area contributed by atoms with Gasteiger partial charge in [-0.05, 0) is 53.8 Å². The van der Waals surface area contributed by atoms with Gasteiger partial charge in [0.05, 0.1) is 0 Å². The molecule has 0 aliphatic carbocycles. The first-order valence-electron chi connectivity index (χ1n) is 6.83. The minimum absolute atomic E-state index is 0.213. The molecule has 0 fully saturated rings. The fourth-order valence-electron chi connectivity index (χ4n) is 2.17. The standard InChI is InChI=1S/C15H30N2/c1-7-10-11-12-14(16-13-8-2)15(4,9-3)17(5)6/h14,16H,8-9,11-13H2,1-6H3. The van der Waals surface area contributed by atoms with Crippen molar-refractivity contribution in [2.24, 2.45) is 0 Å². The van der Waals surface area contributed by atoms with Gasteiger partial charge >= 0.3 is 0 Å². The molecule has 2 atom stereocenters. The van der Waals surface area contributed by atoms with Gasteiger partial charge in [-0.15, -0.1) is 11.8 Å². The summed E-state index contributed by atoms with van der Waals surface area (Å²) in [5, 5.41) is 3.69. The molecule has 100 valence electrons. The maximum absolute atomic E-state index is 3.69. The van der Waals surface area contributed by atoms with Crippen LogP contribution in [0.4, 0.5) is 0 Å². The summed E-state index contributed by atoms with van der Waals surface area (Å²) in [6.45, 7) is 9.84. The minimum Gasteiger partial charge on any atom is -0.312 e. The lowest BCUT2D eigenvalue weighted by Crippen LogP contribution is -2.56. The zero-order valence-electron chi connectivity index (χ0n) is 12.6. The monoisotopic (exact) mass is 238 g/mol. The number of nitrogens with zero attached hydrogens (tertiary/aromatic N) is 1. The van der Waals surface area contributed by atoms with E-state index in [1.807, 2.05) is 6.92 Å². The summed E-state index contributed by atoms with van der Waals surface area (Å²) in [5.41, 5.74) is 0.213. The van der Waals surface area contributed by atoms with Crippen molar-refractivity contribution in [2.45, 2.75) is 65.0 Å². The highest BCUT2D eigenvalue weighted by Gasteiger charge is 2.33. The molecule has 0 rings (SSSR count). The normalized spacial score (nSPS) is 16.2. The fourth-order valence-corrected chi connectivity index (χ4v) is 2.17. The summed E-state index contributed by atoms with van der Waals surface area (Å²) in [5.74, 6) is 6.17. The number of nitrogens with one attached hydrogen (secondary N) is 1. The van der Waals surface area contributed by atoms with E-state index >= 15 is 0 Å². The predicted molar refractivity (Wildman–Crippen MR) is 77.1 cm³/mol. The van der Waals surface area contributed by atoms with E-state index in [1.165, 1.54) is 6.42 Å². The fraction of sp³-hybridized carbons (Fsp3) is 0.867. The third-order valence-electron chi connectivity index (χ3n) is 3.86. The number of rotatable bonds is 8. The summed E-state index contributed by atoms with van der Waals surface area (Å²) < 4.78 is 0. The third kappa shape index (κ3) is 5.10. The van der Waals surface area contributed by atoms with Crippen LogP contribution in [0.25, 0.3) is 0 Å². The molecule has 1 N–H and O–H groups in total. The van der Waals surface area contributed by atoms with Crippen LogP contribution in [0.2, 0.25) is 0 Å². The van der Waals surface area contributed by atoms with Gasteiger partial charge in [0.2, 0.25) is 0 Å². The molecule has 2 unspecified atom stereocenters. The Balaban J connectivity index is 4.65. The predicted octanol–water partition coefficient (Wildman–Crippen LogP) is 2.89. The quantitative estimate of drug-likeness (QED) is 0.654. The van der Waals surface area contributed by atoms with Gasteiger partial charge in [0.25, 0.3) is 0 Å². The molecule has 0 aliphatic rings. The second-order valence-electron chi connectivity index (χ2n) is 5.08. The van der Waals surface area contributed by atoms with E-state index in [-0.39, 0.29) is 5.54 Å². The van der Waals surface area contributed by atoms with Crippen molar-refractivity contribution in [1.82, 2.24) is 10.2 Å². The number of hydrogen-bond acceptors (Lipinski definition) is 2. The lowest BCUT2D eigenvalue weighted by Gasteiger charge is -2.43. The van der Waals surface area contributed by atoms with Crippen molar-refractivity contribution >= 4 is 0 Å². The van der Waals surface area contributed by atoms with Gasteiger partial charge < -0.3 is 10.2 Å². The Morgan fingerprint density at radius 2 is 1.94 bits per heavy atom. The number of likely N-dealkylation sites (N-methyl/N-ethyl adjacent to an activating group) is 1. The van der Waals surface area contributed by atoms with Gasteiger partial charge in [0.15, 0.2) is 0 Å². The van der Waals surface area contributed by atoms with Gasteiger partial charge in [-0.2, -0.15) is 0 Å². The highest BCUT2D eigenvalue weighted by atomic mass is 15.2. The first-order valence-corrected chi connectivity index (χ1v) is 6.83. The van der Waals surface area contributed by atoms with E-state index in [9.17, 15) is 0 Å². The van der Waals surface area contributed by atoms with Crippen LogP contribution in [0.3, 0.4) is 0 Å². The summed E-state index contributed by atoms with van der Waals surface area (Å²) in [6.07, 6.45) is 4.45. The average molecular weight is 238 g/mol. The second kappa shape index (κ2) is 8.55. The molecular formula is C15H30N2. The van der Waals surface area contributed by atoms with Crippen molar-refractivity contribution < 1.29 is 0 Å². The molecule has 0 aromatic carbocycles. The zero-order valence-corrected chi connectivity index (χ0v) is 12.6. The van der Waals surface area contributed by atoms with E-state index in [0.29, 0.717) is 6.04 Å². The molecule has 0 saturated carbocycles. The Kier molecular flexibility index (Phi) is 8.29. The van der Waals surface area contributed by atoms with Crippen molar-refractivity contribution in [3.05, 3.63) is 0 Å². The van der Waals surface area contributed by atoms with Gasteiger partial charge in [-0.3, -0.25) is 0 Å². The summed E-state index contributed by atoms with van der Waals surface area (Å²) in [4.78, 5) is 2.35. The smallest absolute Gasteiger partial charge is 0.0326 e. The van der Waals surface area contributed by atoms with Crippen LogP contribution in [0.5, 0.6) is 0 Å². The minimum atomic E-state index is 0.213. The van der Waals surface area contributed by atoms with Gasteiger partial charge in [0, 0.05) is 18.0 Å². The molecular weight excluding hydrogens is 208 g/mol. The van der Waals surface area contributed by atoms with Crippen LogP contribution >= 0.6 is 0 Å². The van der Waals surface area contributed by atoms with Crippen molar-refractivity contribution in [3.63, 3.8) is 0 Å². The van der Waals surface area contributed by atoms with Crippen LogP contribution in [0, 0.1) is 11.8 Å². The molecule has 2 nitrogen and oxygen atoms in total. The molecule has 0 saturated heterocycles. The van der Waals surface area contributed by atoms with Crippen LogP contribution in [-0.2, 0) is 0 Å². The summed E-state index contributed by atoms with van der Waals surface area (Å²) in [7, 11) is 4.35. The molecule has 0 radical (unpaired) electrons. The lowest BCUT2D eigenvalue weighted by atomic mass is 9.85. The van der Waals surface area contributed by atoms with Gasteiger partial charge in [-0.1, -0.05) is 13.8 Å². The lowest BCUT2D eigenvalue weighted by molar-refractivity contribution is 0.109. The molecule has 17 heavy (non-hydrogen) atoms. The highest BCUT2D eigenvalue weighted by Crippen LogP contribution is 2.24. The van der Waals surface area contributed by atoms with Gasteiger partial charge in [-0.25, -0.2) is 0 Å². The maximum atomic E-state index is 3.69. The summed E-state index contributed by atoms with van der Waals surface area (Å²) in [6, 6.07) is 0.517. The second-order valence-corrected chi connectivity index (χ2v) is 5.08. The van der Waals surface area contributed by atoms with Crippen LogP contribution in [-0.4, -0.2) is 37.1 Å². The molecule has 0 amide bonds. The van der Waals surface area contributed by atoms with Crippen LogP contribution in [0.15, 0.2) is 0 Å². The Morgan fingerprint density at radius 3 is 2.35 bits per heavy atom. The van der Waals surface area contributed by atoms with Crippen molar-refractivity contribution in [3.8, 4) is 11.8 Å². The van der Waals surface area contributed by atoms with Crippen molar-refractivity contribution in [1.29, 1.82) is 0 Å². The molecule has 0 aliphatic heterocycles. The molecule has 0 spiro atoms. The molecule has 0 aromatic rings. The van der Waals surface area contributed by atoms with E-state index in [4.69, 9.17) is 0 Å². The Labute approximate surface area is 108 Å². The van der Waals surface area contributed by atoms with Crippen LogP contribution in [0.1, 0.15) is 53.4 Å². The highest BCUT2D eigenvalue weighted by molar-refractivity contribution is 5.00.